The molecule has 3 aliphatic rings. The van der Waals surface area contributed by atoms with Crippen molar-refractivity contribution in [3.05, 3.63) is 40.5 Å². The van der Waals surface area contributed by atoms with Crippen molar-refractivity contribution in [3.63, 3.8) is 0 Å². The van der Waals surface area contributed by atoms with Crippen molar-refractivity contribution in [2.24, 2.45) is 0 Å². The molecule has 196 valence electrons. The maximum atomic E-state index is 13.3. The van der Waals surface area contributed by atoms with Crippen LogP contribution in [0.5, 0.6) is 5.75 Å². The zero-order chi connectivity index (χ0) is 28.1. The SMILES string of the molecule is Bc1c(B)c(C(B)(B)Oc2cccc3c2CN(C2CCC(=O)NC2=O)C3=O)c(B)c(B)c1CN1CCOCC1. The van der Waals surface area contributed by atoms with Crippen LogP contribution in [0.15, 0.2) is 18.2 Å². The van der Waals surface area contributed by atoms with Crippen molar-refractivity contribution in [2.45, 2.75) is 37.4 Å². The number of carbonyl (C=O) groups is 3. The number of nitrogens with one attached hydrogen (secondary N) is 1. The molecule has 0 bridgehead atoms. The first kappa shape index (κ1) is 27.7. The molecule has 0 saturated carbocycles. The molecule has 3 aliphatic heterocycles. The summed E-state index contributed by atoms with van der Waals surface area (Å²) < 4.78 is 12.3. The molecular weight excluding hydrogens is 487 g/mol. The van der Waals surface area contributed by atoms with Gasteiger partial charge in [0.2, 0.25) is 11.8 Å². The Morgan fingerprint density at radius 2 is 1.67 bits per heavy atom. The quantitative estimate of drug-likeness (QED) is 0.301. The van der Waals surface area contributed by atoms with E-state index in [-0.39, 0.29) is 24.8 Å². The molecule has 2 saturated heterocycles. The van der Waals surface area contributed by atoms with Crippen LogP contribution >= 0.6 is 0 Å². The van der Waals surface area contributed by atoms with Gasteiger partial charge in [0.15, 0.2) is 15.7 Å². The fraction of sp³-hybridized carbons (Fsp3) is 0.400. The number of imide groups is 1. The molecule has 1 atom stereocenters. The number of nitrogens with zero attached hydrogens (tertiary/aromatic N) is 2. The van der Waals surface area contributed by atoms with Gasteiger partial charge in [0.25, 0.3) is 5.91 Å². The van der Waals surface area contributed by atoms with Crippen LogP contribution in [0.2, 0.25) is 0 Å². The molecular formula is C25H33B6N3O5. The van der Waals surface area contributed by atoms with Crippen molar-refractivity contribution >= 4 is 86.7 Å². The fourth-order valence-electron chi connectivity index (χ4n) is 6.49. The van der Waals surface area contributed by atoms with Gasteiger partial charge in [-0.2, -0.15) is 0 Å². The van der Waals surface area contributed by atoms with Crippen LogP contribution in [-0.2, 0) is 32.8 Å². The zero-order valence-corrected chi connectivity index (χ0v) is 23.9. The van der Waals surface area contributed by atoms with Crippen LogP contribution in [0.25, 0.3) is 0 Å². The molecule has 2 aromatic rings. The van der Waals surface area contributed by atoms with Gasteiger partial charge < -0.3 is 14.4 Å². The molecule has 0 spiro atoms. The first-order chi connectivity index (χ1) is 18.5. The number of rotatable bonds is 6. The van der Waals surface area contributed by atoms with E-state index in [0.717, 1.165) is 44.0 Å². The summed E-state index contributed by atoms with van der Waals surface area (Å²) in [5, 5.41) is 1.70. The molecule has 2 aromatic carbocycles. The third-order valence-corrected chi connectivity index (χ3v) is 8.77. The Kier molecular flexibility index (Phi) is 7.55. The van der Waals surface area contributed by atoms with Crippen molar-refractivity contribution in [3.8, 4) is 5.75 Å². The van der Waals surface area contributed by atoms with Gasteiger partial charge in [0.1, 0.15) is 43.2 Å². The van der Waals surface area contributed by atoms with E-state index in [1.807, 2.05) is 12.1 Å². The lowest BCUT2D eigenvalue weighted by Crippen LogP contribution is -2.55. The molecule has 3 amide bonds. The summed E-state index contributed by atoms with van der Waals surface area (Å²) in [6, 6.07) is 4.86. The third kappa shape index (κ3) is 5.09. The number of hydrogen-bond acceptors (Lipinski definition) is 6. The molecule has 1 unspecified atom stereocenters. The van der Waals surface area contributed by atoms with Crippen LogP contribution in [0.3, 0.4) is 0 Å². The van der Waals surface area contributed by atoms with E-state index in [0.29, 0.717) is 17.7 Å². The van der Waals surface area contributed by atoms with Crippen LogP contribution in [0, 0.1) is 0 Å². The third-order valence-electron chi connectivity index (χ3n) is 8.77. The van der Waals surface area contributed by atoms with E-state index in [2.05, 4.69) is 57.3 Å². The Balaban J connectivity index is 1.44. The number of amides is 3. The van der Waals surface area contributed by atoms with E-state index >= 15 is 0 Å². The van der Waals surface area contributed by atoms with Gasteiger partial charge >= 0.3 is 0 Å². The monoisotopic (exact) mass is 521 g/mol. The van der Waals surface area contributed by atoms with E-state index < -0.39 is 17.3 Å². The highest BCUT2D eigenvalue weighted by molar-refractivity contribution is 6.59. The fourth-order valence-corrected chi connectivity index (χ4v) is 6.49. The van der Waals surface area contributed by atoms with Crippen molar-refractivity contribution < 1.29 is 23.9 Å². The standard InChI is InChI=1S/C25H33B6N3O5/c26-19-14(10-33-6-8-38-9-7-33)20(27)22(29)18(21(19)28)25(30,31)39-16-3-1-2-12-13(16)11-34(24(12)37)15-4-5-17(35)32-23(15)36/h1-3,15H,4-11,26-31H2,(H,32,35,36). The average Bonchev–Trinajstić information content (AvgIpc) is 3.23. The number of fused-ring (bicyclic) bond motifs is 1. The minimum atomic E-state index is -0.665. The summed E-state index contributed by atoms with van der Waals surface area (Å²) in [5.41, 5.74) is 8.88. The summed E-state index contributed by atoms with van der Waals surface area (Å²) in [7, 11) is 12.9. The summed E-state index contributed by atoms with van der Waals surface area (Å²) >= 11 is 0. The number of piperidine rings is 1. The second kappa shape index (κ2) is 10.6. The molecule has 0 radical (unpaired) electrons. The number of morpholine rings is 1. The van der Waals surface area contributed by atoms with E-state index in [4.69, 9.17) is 9.47 Å². The summed E-state index contributed by atoms with van der Waals surface area (Å²) in [5.74, 6) is -0.260. The minimum Gasteiger partial charge on any atom is -0.501 e. The van der Waals surface area contributed by atoms with Gasteiger partial charge in [-0.05, 0) is 29.7 Å². The predicted molar refractivity (Wildman–Crippen MR) is 167 cm³/mol. The highest BCUT2D eigenvalue weighted by Crippen LogP contribution is 2.35. The highest BCUT2D eigenvalue weighted by Gasteiger charge is 2.41. The number of hydrogen-bond donors (Lipinski definition) is 1. The Bertz CT molecular complexity index is 1340. The topological polar surface area (TPSA) is 88.2 Å². The van der Waals surface area contributed by atoms with E-state index in [9.17, 15) is 14.4 Å². The van der Waals surface area contributed by atoms with Crippen LogP contribution in [-0.4, -0.2) is 107 Å². The second-order valence-electron chi connectivity index (χ2n) is 11.5. The molecule has 3 heterocycles. The number of ether oxygens (including phenoxy) is 2. The van der Waals surface area contributed by atoms with Crippen LogP contribution in [0.1, 0.15) is 39.9 Å². The van der Waals surface area contributed by atoms with Crippen molar-refractivity contribution in [1.82, 2.24) is 15.1 Å². The molecule has 2 fully saturated rings. The molecule has 5 rings (SSSR count). The summed E-state index contributed by atoms with van der Waals surface area (Å²) in [4.78, 5) is 41.5. The first-order valence-electron chi connectivity index (χ1n) is 13.8. The molecule has 14 heteroatoms. The normalized spacial score (nSPS) is 20.2. The van der Waals surface area contributed by atoms with Crippen molar-refractivity contribution in [1.29, 1.82) is 0 Å². The first-order valence-corrected chi connectivity index (χ1v) is 13.8. The molecule has 39 heavy (non-hydrogen) atoms. The summed E-state index contributed by atoms with van der Waals surface area (Å²) in [6.45, 7) is 4.64. The van der Waals surface area contributed by atoms with E-state index in [1.165, 1.54) is 27.4 Å². The van der Waals surface area contributed by atoms with Crippen molar-refractivity contribution in [2.75, 3.05) is 26.3 Å². The molecule has 0 aliphatic carbocycles. The Labute approximate surface area is 235 Å². The largest absolute Gasteiger partial charge is 0.501 e. The zero-order valence-electron chi connectivity index (χ0n) is 23.9. The molecule has 8 nitrogen and oxygen atoms in total. The van der Waals surface area contributed by atoms with Gasteiger partial charge in [0, 0.05) is 37.2 Å². The lowest BCUT2D eigenvalue weighted by Gasteiger charge is -2.36. The molecule has 0 aromatic heterocycles. The lowest BCUT2D eigenvalue weighted by molar-refractivity contribution is -0.136. The number of benzene rings is 2. The average molecular weight is 520 g/mol. The smallest absolute Gasteiger partial charge is 0.255 e. The van der Waals surface area contributed by atoms with Gasteiger partial charge in [-0.1, -0.05) is 27.9 Å². The van der Waals surface area contributed by atoms with E-state index in [1.54, 1.807) is 11.0 Å². The van der Waals surface area contributed by atoms with Gasteiger partial charge in [-0.25, -0.2) is 0 Å². The van der Waals surface area contributed by atoms with Gasteiger partial charge in [-0.3, -0.25) is 24.6 Å². The minimum absolute atomic E-state index is 0.200. The maximum Gasteiger partial charge on any atom is 0.255 e. The Hall–Kier alpha value is -2.84. The predicted octanol–water partition coefficient (Wildman–Crippen LogP) is -7.23. The molecule has 1 N–H and O–H groups in total. The lowest BCUT2D eigenvalue weighted by atomic mass is 9.52. The van der Waals surface area contributed by atoms with Gasteiger partial charge in [0.05, 0.1) is 25.2 Å². The Morgan fingerprint density at radius 1 is 1.00 bits per heavy atom. The van der Waals surface area contributed by atoms with Gasteiger partial charge in [-0.15, -0.1) is 0 Å². The summed E-state index contributed by atoms with van der Waals surface area (Å²) in [6.07, 6.45) is 0.561. The highest BCUT2D eigenvalue weighted by atomic mass is 16.5. The van der Waals surface area contributed by atoms with Crippen LogP contribution in [0.4, 0.5) is 0 Å². The number of carbonyl (C=O) groups excluding carboxylic acids is 3. The Morgan fingerprint density at radius 3 is 2.31 bits per heavy atom. The van der Waals surface area contributed by atoms with Crippen LogP contribution < -0.4 is 31.9 Å². The second-order valence-corrected chi connectivity index (χ2v) is 11.5. The maximum absolute atomic E-state index is 13.3.